The molecule has 0 saturated carbocycles. The lowest BCUT2D eigenvalue weighted by Gasteiger charge is -2.27. The van der Waals surface area contributed by atoms with Gasteiger partial charge in [-0.25, -0.2) is 0 Å². The summed E-state index contributed by atoms with van der Waals surface area (Å²) in [6.45, 7) is 2.58. The van der Waals surface area contributed by atoms with Gasteiger partial charge < -0.3 is 19.8 Å². The van der Waals surface area contributed by atoms with E-state index in [4.69, 9.17) is 4.74 Å². The molecule has 2 N–H and O–H groups in total. The molecule has 1 unspecified atom stereocenters. The van der Waals surface area contributed by atoms with Crippen molar-refractivity contribution in [2.45, 2.75) is 37.9 Å². The summed E-state index contributed by atoms with van der Waals surface area (Å²) in [5.74, 6) is -0.0604. The second kappa shape index (κ2) is 14.9. The molecular weight excluding hydrogens is 476 g/mol. The zero-order chi connectivity index (χ0) is 27.2. The first kappa shape index (κ1) is 28.8. The minimum atomic E-state index is -1.56. The van der Waals surface area contributed by atoms with Crippen LogP contribution in [0.3, 0.4) is 0 Å². The average Bonchev–Trinajstić information content (AvgIpc) is 2.94. The standard InChI is InChI=1S/C32H38N2O4/c1-32(37,25-33-2)30(38-24-26-13-6-3-7-14-26)23-31(36)34(20-12-22-35)21-19-29(27-15-8-4-9-16-27)28-17-10-5-11-18-28/h3-11,13-18,23,25,29,35,37H,12,19-22,24H2,1-2H3/b30-23-,33-25-. The number of ether oxygens (including phenoxy) is 1. The fourth-order valence-corrected chi connectivity index (χ4v) is 4.36. The maximum absolute atomic E-state index is 13.5. The molecule has 200 valence electrons. The molecule has 1 atom stereocenters. The van der Waals surface area contributed by atoms with Crippen molar-refractivity contribution in [3.8, 4) is 0 Å². The van der Waals surface area contributed by atoms with Crippen LogP contribution in [0.15, 0.2) is 108 Å². The molecule has 0 aromatic heterocycles. The van der Waals surface area contributed by atoms with Crippen LogP contribution in [0.1, 0.15) is 42.4 Å². The Balaban J connectivity index is 1.84. The minimum absolute atomic E-state index is 0.0220. The summed E-state index contributed by atoms with van der Waals surface area (Å²) in [4.78, 5) is 19.2. The molecule has 0 aliphatic rings. The molecule has 0 aliphatic carbocycles. The number of rotatable bonds is 14. The third kappa shape index (κ3) is 8.68. The van der Waals surface area contributed by atoms with Crippen LogP contribution in [0.4, 0.5) is 0 Å². The zero-order valence-electron chi connectivity index (χ0n) is 22.2. The number of aliphatic hydroxyl groups excluding tert-OH is 1. The number of nitrogens with zero attached hydrogens (tertiary/aromatic N) is 2. The van der Waals surface area contributed by atoms with E-state index in [0.717, 1.165) is 5.56 Å². The Hall–Kier alpha value is -3.74. The van der Waals surface area contributed by atoms with Gasteiger partial charge in [0.25, 0.3) is 0 Å². The first-order chi connectivity index (χ1) is 18.4. The molecule has 6 nitrogen and oxygen atoms in total. The fraction of sp³-hybridized carbons (Fsp3) is 0.312. The van der Waals surface area contributed by atoms with Gasteiger partial charge in [-0.2, -0.15) is 0 Å². The molecule has 0 aliphatic heterocycles. The first-order valence-corrected chi connectivity index (χ1v) is 13.0. The molecule has 0 spiro atoms. The second-order valence-corrected chi connectivity index (χ2v) is 9.38. The van der Waals surface area contributed by atoms with E-state index >= 15 is 0 Å². The molecular formula is C32H38N2O4. The van der Waals surface area contributed by atoms with Crippen molar-refractivity contribution in [3.05, 3.63) is 120 Å². The number of hydrogen-bond donors (Lipinski definition) is 2. The van der Waals surface area contributed by atoms with Crippen LogP contribution in [0.25, 0.3) is 0 Å². The molecule has 38 heavy (non-hydrogen) atoms. The highest BCUT2D eigenvalue weighted by Gasteiger charge is 2.28. The molecule has 0 radical (unpaired) electrons. The summed E-state index contributed by atoms with van der Waals surface area (Å²) in [6, 6.07) is 30.1. The van der Waals surface area contributed by atoms with Gasteiger partial charge in [0.15, 0.2) is 5.60 Å². The van der Waals surface area contributed by atoms with Gasteiger partial charge >= 0.3 is 0 Å². The van der Waals surface area contributed by atoms with E-state index in [2.05, 4.69) is 29.3 Å². The van der Waals surface area contributed by atoms with E-state index in [1.54, 1.807) is 18.9 Å². The number of carbonyl (C=O) groups excluding carboxylic acids is 1. The summed E-state index contributed by atoms with van der Waals surface area (Å²) in [7, 11) is 1.56. The quantitative estimate of drug-likeness (QED) is 0.181. The van der Waals surface area contributed by atoms with Gasteiger partial charge in [0, 0.05) is 45.0 Å². The van der Waals surface area contributed by atoms with Crippen LogP contribution in [0.2, 0.25) is 0 Å². The normalized spacial score (nSPS) is 13.4. The lowest BCUT2D eigenvalue weighted by atomic mass is 9.88. The predicted molar refractivity (Wildman–Crippen MR) is 152 cm³/mol. The Morgan fingerprint density at radius 1 is 0.947 bits per heavy atom. The summed E-state index contributed by atoms with van der Waals surface area (Å²) < 4.78 is 5.96. The van der Waals surface area contributed by atoms with Crippen molar-refractivity contribution in [3.63, 3.8) is 0 Å². The highest BCUT2D eigenvalue weighted by atomic mass is 16.5. The van der Waals surface area contributed by atoms with Crippen molar-refractivity contribution in [1.29, 1.82) is 0 Å². The van der Waals surface area contributed by atoms with Crippen LogP contribution in [0, 0.1) is 0 Å². The monoisotopic (exact) mass is 514 g/mol. The Kier molecular flexibility index (Phi) is 11.3. The molecule has 3 aromatic carbocycles. The van der Waals surface area contributed by atoms with Gasteiger partial charge in [0.05, 0.1) is 0 Å². The highest BCUT2D eigenvalue weighted by Crippen LogP contribution is 2.28. The summed E-state index contributed by atoms with van der Waals surface area (Å²) in [6.07, 6.45) is 3.86. The largest absolute Gasteiger partial charge is 0.490 e. The second-order valence-electron chi connectivity index (χ2n) is 9.38. The van der Waals surface area contributed by atoms with Gasteiger partial charge in [0.2, 0.25) is 5.91 Å². The van der Waals surface area contributed by atoms with Gasteiger partial charge in [0.1, 0.15) is 12.4 Å². The van der Waals surface area contributed by atoms with Crippen molar-refractivity contribution < 1.29 is 19.7 Å². The van der Waals surface area contributed by atoms with Crippen LogP contribution < -0.4 is 0 Å². The van der Waals surface area contributed by atoms with Crippen molar-refractivity contribution in [1.82, 2.24) is 4.90 Å². The van der Waals surface area contributed by atoms with Gasteiger partial charge in [-0.3, -0.25) is 9.79 Å². The topological polar surface area (TPSA) is 82.4 Å². The van der Waals surface area contributed by atoms with Crippen molar-refractivity contribution in [2.24, 2.45) is 4.99 Å². The number of hydrogen-bond acceptors (Lipinski definition) is 5. The number of carbonyl (C=O) groups is 1. The first-order valence-electron chi connectivity index (χ1n) is 13.0. The number of amides is 1. The molecule has 3 rings (SSSR count). The predicted octanol–water partition coefficient (Wildman–Crippen LogP) is 4.97. The lowest BCUT2D eigenvalue weighted by Crippen LogP contribution is -2.36. The van der Waals surface area contributed by atoms with Crippen molar-refractivity contribution >= 4 is 12.1 Å². The maximum atomic E-state index is 13.5. The molecule has 0 heterocycles. The SMILES string of the molecule is C/N=C\C(C)(O)/C(=C/C(=O)N(CCCO)CCC(c1ccccc1)c1ccccc1)OCc1ccccc1. The molecule has 0 saturated heterocycles. The molecule has 1 amide bonds. The minimum Gasteiger partial charge on any atom is -0.490 e. The van der Waals surface area contributed by atoms with Crippen LogP contribution in [0.5, 0.6) is 0 Å². The van der Waals surface area contributed by atoms with E-state index in [1.807, 2.05) is 66.7 Å². The van der Waals surface area contributed by atoms with Gasteiger partial charge in [-0.05, 0) is 36.5 Å². The Labute approximate surface area is 225 Å². The number of aliphatic hydroxyl groups is 2. The molecule has 3 aromatic rings. The molecule has 6 heteroatoms. The van der Waals surface area contributed by atoms with Gasteiger partial charge in [-0.1, -0.05) is 91.0 Å². The smallest absolute Gasteiger partial charge is 0.250 e. The summed E-state index contributed by atoms with van der Waals surface area (Å²) in [5.41, 5.74) is 1.72. The number of benzene rings is 3. The van der Waals surface area contributed by atoms with E-state index in [9.17, 15) is 15.0 Å². The average molecular weight is 515 g/mol. The van der Waals surface area contributed by atoms with Crippen LogP contribution in [-0.4, -0.2) is 59.6 Å². The molecule has 0 fully saturated rings. The molecule has 0 bridgehead atoms. The van der Waals surface area contributed by atoms with E-state index in [1.165, 1.54) is 23.4 Å². The van der Waals surface area contributed by atoms with Crippen LogP contribution >= 0.6 is 0 Å². The third-order valence-electron chi connectivity index (χ3n) is 6.36. The fourth-order valence-electron chi connectivity index (χ4n) is 4.36. The lowest BCUT2D eigenvalue weighted by molar-refractivity contribution is -0.126. The van der Waals surface area contributed by atoms with Gasteiger partial charge in [-0.15, -0.1) is 0 Å². The van der Waals surface area contributed by atoms with E-state index in [0.29, 0.717) is 25.9 Å². The maximum Gasteiger partial charge on any atom is 0.250 e. The summed E-state index contributed by atoms with van der Waals surface area (Å²) >= 11 is 0. The highest BCUT2D eigenvalue weighted by molar-refractivity contribution is 5.89. The third-order valence-corrected chi connectivity index (χ3v) is 6.36. The zero-order valence-corrected chi connectivity index (χ0v) is 22.2. The Bertz CT molecular complexity index is 1120. The van der Waals surface area contributed by atoms with Crippen molar-refractivity contribution in [2.75, 3.05) is 26.7 Å². The van der Waals surface area contributed by atoms with E-state index < -0.39 is 5.60 Å². The van der Waals surface area contributed by atoms with E-state index in [-0.39, 0.29) is 30.8 Å². The Morgan fingerprint density at radius 2 is 1.50 bits per heavy atom. The Morgan fingerprint density at radius 3 is 2.03 bits per heavy atom. The number of aliphatic imine (C=N–C) groups is 1. The summed E-state index contributed by atoms with van der Waals surface area (Å²) in [5, 5.41) is 20.5. The van der Waals surface area contributed by atoms with Crippen LogP contribution in [-0.2, 0) is 16.1 Å².